The Bertz CT molecular complexity index is 1210. The molecule has 2 aliphatic heterocycles. The van der Waals surface area contributed by atoms with E-state index in [4.69, 9.17) is 14.7 Å². The highest BCUT2D eigenvalue weighted by Crippen LogP contribution is 2.32. The summed E-state index contributed by atoms with van der Waals surface area (Å²) in [7, 11) is 0. The van der Waals surface area contributed by atoms with Gasteiger partial charge in [-0.15, -0.1) is 0 Å². The molecule has 1 saturated heterocycles. The van der Waals surface area contributed by atoms with Crippen LogP contribution in [0.4, 0.5) is 22.1 Å². The van der Waals surface area contributed by atoms with Gasteiger partial charge in [0, 0.05) is 42.3 Å². The molecule has 2 atom stereocenters. The molecule has 2 amide bonds. The van der Waals surface area contributed by atoms with Gasteiger partial charge < -0.3 is 25.2 Å². The molecule has 0 aliphatic carbocycles. The van der Waals surface area contributed by atoms with Crippen molar-refractivity contribution in [2.24, 2.45) is 0 Å². The summed E-state index contributed by atoms with van der Waals surface area (Å²) in [5, 5.41) is 5.68. The number of fused-ring (bicyclic) bond motifs is 1. The van der Waals surface area contributed by atoms with Crippen LogP contribution in [0, 0.1) is 0 Å². The number of urea groups is 1. The number of nitrogens with zero attached hydrogens (tertiary/aromatic N) is 6. The number of carbonyl (C=O) groups excluding carboxylic acids is 1. The first kappa shape index (κ1) is 24.6. The smallest absolute Gasteiger partial charge is 0.320 e. The van der Waals surface area contributed by atoms with Gasteiger partial charge in [0.1, 0.15) is 11.6 Å². The lowest BCUT2D eigenvalue weighted by Crippen LogP contribution is -2.45. The van der Waals surface area contributed by atoms with Crippen molar-refractivity contribution in [3.63, 3.8) is 0 Å². The Kier molecular flexibility index (Phi) is 7.46. The molecule has 2 aromatic heterocycles. The molecular weight excluding hydrogens is 571 g/mol. The fraction of sp³-hybridized carbons (Fsp3) is 0.400. The molecule has 4 heterocycles. The standard InChI is InChI=1S/C25H29IN8O2/c1-16-15-36-12-11-34(16)24-20-7-10-33(22-13-27-8-9-28-22)14-21(20)31-23(32-24)18-3-5-19(6-4-18)30-25(35)29-17(2)26/h3-6,8-9,13,16-17H,7,10-12,14-15H2,1-2H3,(H2,29,30,35). The first-order chi connectivity index (χ1) is 17.5. The number of halogens is 1. The monoisotopic (exact) mass is 600 g/mol. The minimum absolute atomic E-state index is 0.0354. The third kappa shape index (κ3) is 5.51. The minimum atomic E-state index is -0.234. The number of rotatable bonds is 5. The number of hydrogen-bond acceptors (Lipinski definition) is 8. The Morgan fingerprint density at radius 1 is 1.19 bits per heavy atom. The third-order valence-electron chi connectivity index (χ3n) is 6.29. The highest BCUT2D eigenvalue weighted by molar-refractivity contribution is 14.1. The zero-order valence-corrected chi connectivity index (χ0v) is 22.5. The SMILES string of the molecule is CC(I)NC(=O)Nc1ccc(-c2nc3c(c(N4CCOCC4C)n2)CCN(c2cnccn2)C3)cc1. The Hall–Kier alpha value is -3.06. The lowest BCUT2D eigenvalue weighted by atomic mass is 10.0. The molecule has 2 N–H and O–H groups in total. The number of carbonyl (C=O) groups is 1. The summed E-state index contributed by atoms with van der Waals surface area (Å²) in [5.41, 5.74) is 3.80. The molecule has 36 heavy (non-hydrogen) atoms. The Balaban J connectivity index is 1.47. The van der Waals surface area contributed by atoms with E-state index in [9.17, 15) is 4.79 Å². The van der Waals surface area contributed by atoms with Crippen molar-refractivity contribution in [1.29, 1.82) is 0 Å². The maximum Gasteiger partial charge on any atom is 0.320 e. The molecule has 3 aromatic rings. The second-order valence-corrected chi connectivity index (χ2v) is 10.8. The largest absolute Gasteiger partial charge is 0.377 e. The van der Waals surface area contributed by atoms with Gasteiger partial charge in [0.2, 0.25) is 0 Å². The van der Waals surface area contributed by atoms with Gasteiger partial charge >= 0.3 is 6.03 Å². The maximum absolute atomic E-state index is 12.1. The van der Waals surface area contributed by atoms with Gasteiger partial charge in [-0.2, -0.15) is 0 Å². The van der Waals surface area contributed by atoms with Gasteiger partial charge in [-0.3, -0.25) is 4.98 Å². The molecule has 0 spiro atoms. The molecule has 188 valence electrons. The van der Waals surface area contributed by atoms with Crippen LogP contribution in [0.3, 0.4) is 0 Å². The van der Waals surface area contributed by atoms with Crippen LogP contribution in [0.25, 0.3) is 11.4 Å². The molecule has 1 fully saturated rings. The van der Waals surface area contributed by atoms with E-state index in [1.165, 1.54) is 5.56 Å². The van der Waals surface area contributed by atoms with E-state index in [1.54, 1.807) is 18.6 Å². The number of aromatic nitrogens is 4. The van der Waals surface area contributed by atoms with Crippen LogP contribution in [-0.2, 0) is 17.7 Å². The van der Waals surface area contributed by atoms with Crippen LogP contribution in [0.2, 0.25) is 0 Å². The fourth-order valence-corrected chi connectivity index (χ4v) is 4.80. The minimum Gasteiger partial charge on any atom is -0.377 e. The Morgan fingerprint density at radius 3 is 2.75 bits per heavy atom. The van der Waals surface area contributed by atoms with E-state index < -0.39 is 0 Å². The first-order valence-electron chi connectivity index (χ1n) is 12.0. The van der Waals surface area contributed by atoms with Crippen molar-refractivity contribution in [1.82, 2.24) is 25.3 Å². The summed E-state index contributed by atoms with van der Waals surface area (Å²) in [5.74, 6) is 2.50. The molecule has 11 heteroatoms. The average Bonchev–Trinajstić information content (AvgIpc) is 2.88. The van der Waals surface area contributed by atoms with Crippen molar-refractivity contribution < 1.29 is 9.53 Å². The zero-order chi connectivity index (χ0) is 25.1. The van der Waals surface area contributed by atoms with Crippen molar-refractivity contribution in [2.45, 2.75) is 36.9 Å². The predicted octanol–water partition coefficient (Wildman–Crippen LogP) is 3.62. The normalized spacial score (nSPS) is 18.4. The quantitative estimate of drug-likeness (QED) is 0.260. The molecule has 2 unspecified atom stereocenters. The second-order valence-electron chi connectivity index (χ2n) is 8.94. The second kappa shape index (κ2) is 10.9. The topological polar surface area (TPSA) is 108 Å². The van der Waals surface area contributed by atoms with E-state index in [1.807, 2.05) is 31.2 Å². The highest BCUT2D eigenvalue weighted by atomic mass is 127. The number of benzene rings is 1. The molecule has 2 aliphatic rings. The third-order valence-corrected chi connectivity index (χ3v) is 6.60. The number of morpholine rings is 1. The van der Waals surface area contributed by atoms with Crippen LogP contribution < -0.4 is 20.4 Å². The van der Waals surface area contributed by atoms with Crippen LogP contribution in [-0.4, -0.2) is 62.4 Å². The van der Waals surface area contributed by atoms with Crippen LogP contribution >= 0.6 is 22.6 Å². The lowest BCUT2D eigenvalue weighted by Gasteiger charge is -2.38. The number of nitrogens with one attached hydrogen (secondary N) is 2. The summed E-state index contributed by atoms with van der Waals surface area (Å²) in [6.07, 6.45) is 6.02. The molecule has 5 rings (SSSR count). The summed E-state index contributed by atoms with van der Waals surface area (Å²) in [4.78, 5) is 35.4. The Labute approximate surface area is 224 Å². The Morgan fingerprint density at radius 2 is 2.03 bits per heavy atom. The van der Waals surface area contributed by atoms with E-state index in [0.717, 1.165) is 42.4 Å². The van der Waals surface area contributed by atoms with E-state index in [0.29, 0.717) is 31.3 Å². The number of alkyl halides is 1. The highest BCUT2D eigenvalue weighted by Gasteiger charge is 2.29. The number of amides is 2. The van der Waals surface area contributed by atoms with Gasteiger partial charge in [-0.25, -0.2) is 19.7 Å². The van der Waals surface area contributed by atoms with Crippen molar-refractivity contribution in [3.8, 4) is 11.4 Å². The fourth-order valence-electron chi connectivity index (χ4n) is 4.52. The average molecular weight is 600 g/mol. The van der Waals surface area contributed by atoms with E-state index in [2.05, 4.69) is 59.9 Å². The van der Waals surface area contributed by atoms with Crippen molar-refractivity contribution >= 4 is 45.9 Å². The molecule has 10 nitrogen and oxygen atoms in total. The molecule has 1 aromatic carbocycles. The van der Waals surface area contributed by atoms with Gasteiger partial charge in [0.15, 0.2) is 5.82 Å². The predicted molar refractivity (Wildman–Crippen MR) is 148 cm³/mol. The first-order valence-corrected chi connectivity index (χ1v) is 13.3. The summed E-state index contributed by atoms with van der Waals surface area (Å²) >= 11 is 2.15. The van der Waals surface area contributed by atoms with Crippen molar-refractivity contribution in [3.05, 3.63) is 54.1 Å². The van der Waals surface area contributed by atoms with Crippen LogP contribution in [0.5, 0.6) is 0 Å². The molecule has 0 bridgehead atoms. The van der Waals surface area contributed by atoms with Crippen molar-refractivity contribution in [2.75, 3.05) is 41.4 Å². The molecule has 0 saturated carbocycles. The van der Waals surface area contributed by atoms with E-state index >= 15 is 0 Å². The van der Waals surface area contributed by atoms with Crippen LogP contribution in [0.15, 0.2) is 42.9 Å². The van der Waals surface area contributed by atoms with Gasteiger partial charge in [0.05, 0.1) is 41.7 Å². The molecule has 0 radical (unpaired) electrons. The summed E-state index contributed by atoms with van der Waals surface area (Å²) < 4.78 is 5.72. The summed E-state index contributed by atoms with van der Waals surface area (Å²) in [6, 6.07) is 7.63. The van der Waals surface area contributed by atoms with Crippen LogP contribution in [0.1, 0.15) is 25.1 Å². The summed E-state index contributed by atoms with van der Waals surface area (Å²) in [6.45, 7) is 7.72. The van der Waals surface area contributed by atoms with Gasteiger partial charge in [0.25, 0.3) is 0 Å². The van der Waals surface area contributed by atoms with Gasteiger partial charge in [-0.1, -0.05) is 22.6 Å². The number of hydrogen-bond donors (Lipinski definition) is 2. The van der Waals surface area contributed by atoms with E-state index in [-0.39, 0.29) is 16.1 Å². The zero-order valence-electron chi connectivity index (χ0n) is 20.3. The number of anilines is 3. The molecular formula is C25H29IN8O2. The lowest BCUT2D eigenvalue weighted by molar-refractivity contribution is 0.0984. The maximum atomic E-state index is 12.1. The number of ether oxygens (including phenoxy) is 1. The van der Waals surface area contributed by atoms with Gasteiger partial charge in [-0.05, 0) is 44.5 Å².